The van der Waals surface area contributed by atoms with Crippen LogP contribution in [0, 0.1) is 20.8 Å². The van der Waals surface area contributed by atoms with Crippen molar-refractivity contribution in [3.63, 3.8) is 0 Å². The molecule has 1 N–H and O–H groups in total. The number of hydrogen-bond donors (Lipinski definition) is 1. The van der Waals surface area contributed by atoms with Gasteiger partial charge in [0.1, 0.15) is 0 Å². The van der Waals surface area contributed by atoms with E-state index in [9.17, 15) is 0 Å². The van der Waals surface area contributed by atoms with Crippen LogP contribution in [0.3, 0.4) is 0 Å². The lowest BCUT2D eigenvalue weighted by atomic mass is 9.95. The molecule has 0 aliphatic carbocycles. The van der Waals surface area contributed by atoms with E-state index < -0.39 is 0 Å². The summed E-state index contributed by atoms with van der Waals surface area (Å²) in [5.41, 5.74) is 6.24. The molecule has 2 aromatic rings. The summed E-state index contributed by atoms with van der Waals surface area (Å²) in [7, 11) is 1.99. The van der Waals surface area contributed by atoms with E-state index in [0.29, 0.717) is 0 Å². The van der Waals surface area contributed by atoms with Crippen molar-refractivity contribution >= 4 is 11.6 Å². The van der Waals surface area contributed by atoms with Gasteiger partial charge < -0.3 is 5.32 Å². The van der Waals surface area contributed by atoms with E-state index in [2.05, 4.69) is 49.5 Å². The SMILES string of the molecule is CNC(c1cc(C)cc(C)c1)c1ccc(Cl)c(C)c1. The zero-order chi connectivity index (χ0) is 14.0. The Balaban J connectivity index is 2.46. The van der Waals surface area contributed by atoms with Crippen LogP contribution in [0.15, 0.2) is 36.4 Å². The molecule has 100 valence electrons. The van der Waals surface area contributed by atoms with E-state index in [4.69, 9.17) is 11.6 Å². The van der Waals surface area contributed by atoms with E-state index in [0.717, 1.165) is 10.6 Å². The molecule has 0 aromatic heterocycles. The lowest BCUT2D eigenvalue weighted by Gasteiger charge is -2.19. The monoisotopic (exact) mass is 273 g/mol. The number of rotatable bonds is 3. The fourth-order valence-corrected chi connectivity index (χ4v) is 2.67. The van der Waals surface area contributed by atoms with Gasteiger partial charge in [-0.3, -0.25) is 0 Å². The van der Waals surface area contributed by atoms with Crippen molar-refractivity contribution in [1.29, 1.82) is 0 Å². The van der Waals surface area contributed by atoms with Gasteiger partial charge in [0.25, 0.3) is 0 Å². The largest absolute Gasteiger partial charge is 0.309 e. The molecule has 0 bridgehead atoms. The first-order chi connectivity index (χ1) is 9.01. The molecular formula is C17H20ClN. The maximum Gasteiger partial charge on any atom is 0.0574 e. The minimum atomic E-state index is 0.203. The normalized spacial score (nSPS) is 12.5. The van der Waals surface area contributed by atoms with Crippen LogP contribution in [0.2, 0.25) is 5.02 Å². The molecule has 0 aliphatic heterocycles. The van der Waals surface area contributed by atoms with Crippen molar-refractivity contribution < 1.29 is 0 Å². The van der Waals surface area contributed by atoms with Gasteiger partial charge in [0.2, 0.25) is 0 Å². The Morgan fingerprint density at radius 1 is 0.895 bits per heavy atom. The van der Waals surface area contributed by atoms with Crippen LogP contribution in [0.4, 0.5) is 0 Å². The number of nitrogens with one attached hydrogen (secondary N) is 1. The van der Waals surface area contributed by atoms with Crippen LogP contribution in [-0.4, -0.2) is 7.05 Å². The van der Waals surface area contributed by atoms with Gasteiger partial charge in [0.15, 0.2) is 0 Å². The van der Waals surface area contributed by atoms with Crippen LogP contribution in [0.1, 0.15) is 33.9 Å². The van der Waals surface area contributed by atoms with Crippen LogP contribution < -0.4 is 5.32 Å². The van der Waals surface area contributed by atoms with Gasteiger partial charge in [0, 0.05) is 5.02 Å². The number of aryl methyl sites for hydroxylation is 3. The molecule has 1 unspecified atom stereocenters. The van der Waals surface area contributed by atoms with Gasteiger partial charge in [-0.2, -0.15) is 0 Å². The van der Waals surface area contributed by atoms with Crippen molar-refractivity contribution in [3.05, 3.63) is 69.2 Å². The molecule has 0 fully saturated rings. The summed E-state index contributed by atoms with van der Waals surface area (Å²) in [5.74, 6) is 0. The van der Waals surface area contributed by atoms with Gasteiger partial charge in [0.05, 0.1) is 6.04 Å². The predicted molar refractivity (Wildman–Crippen MR) is 83.0 cm³/mol. The number of hydrogen-bond acceptors (Lipinski definition) is 1. The first kappa shape index (κ1) is 14.1. The molecule has 0 spiro atoms. The highest BCUT2D eigenvalue weighted by Gasteiger charge is 2.13. The first-order valence-electron chi connectivity index (χ1n) is 6.53. The van der Waals surface area contributed by atoms with Crippen LogP contribution in [0.25, 0.3) is 0 Å². The van der Waals surface area contributed by atoms with Gasteiger partial charge in [-0.15, -0.1) is 0 Å². The second-order valence-corrected chi connectivity index (χ2v) is 5.56. The third-order valence-corrected chi connectivity index (χ3v) is 3.81. The summed E-state index contributed by atoms with van der Waals surface area (Å²) >= 11 is 6.10. The molecule has 0 saturated carbocycles. The van der Waals surface area contributed by atoms with Crippen LogP contribution in [-0.2, 0) is 0 Å². The summed E-state index contributed by atoms with van der Waals surface area (Å²) in [6.07, 6.45) is 0. The molecule has 0 aliphatic rings. The topological polar surface area (TPSA) is 12.0 Å². The highest BCUT2D eigenvalue weighted by atomic mass is 35.5. The van der Waals surface area contributed by atoms with Crippen LogP contribution >= 0.6 is 11.6 Å². The Labute approximate surface area is 120 Å². The van der Waals surface area contributed by atoms with Crippen molar-refractivity contribution in [2.75, 3.05) is 7.05 Å². The molecule has 0 saturated heterocycles. The zero-order valence-electron chi connectivity index (χ0n) is 11.9. The summed E-state index contributed by atoms with van der Waals surface area (Å²) in [6.45, 7) is 6.31. The maximum absolute atomic E-state index is 6.10. The van der Waals surface area contributed by atoms with Crippen molar-refractivity contribution in [2.45, 2.75) is 26.8 Å². The minimum Gasteiger partial charge on any atom is -0.309 e. The average molecular weight is 274 g/mol. The van der Waals surface area contributed by atoms with Gasteiger partial charge in [-0.25, -0.2) is 0 Å². The number of halogens is 1. The predicted octanol–water partition coefficient (Wildman–Crippen LogP) is 4.57. The molecule has 2 heteroatoms. The third kappa shape index (κ3) is 3.17. The van der Waals surface area contributed by atoms with Crippen molar-refractivity contribution in [3.8, 4) is 0 Å². The van der Waals surface area contributed by atoms with Gasteiger partial charge >= 0.3 is 0 Å². The second kappa shape index (κ2) is 5.77. The fraction of sp³-hybridized carbons (Fsp3) is 0.294. The van der Waals surface area contributed by atoms with E-state index in [1.54, 1.807) is 0 Å². The zero-order valence-corrected chi connectivity index (χ0v) is 12.7. The summed E-state index contributed by atoms with van der Waals surface area (Å²) in [5, 5.41) is 4.21. The van der Waals surface area contributed by atoms with E-state index in [1.165, 1.54) is 22.3 Å². The molecular weight excluding hydrogens is 254 g/mol. The average Bonchev–Trinajstić information content (AvgIpc) is 2.33. The smallest absolute Gasteiger partial charge is 0.0574 e. The molecule has 0 amide bonds. The van der Waals surface area contributed by atoms with Gasteiger partial charge in [-0.1, -0.05) is 53.1 Å². The molecule has 19 heavy (non-hydrogen) atoms. The van der Waals surface area contributed by atoms with E-state index in [1.807, 2.05) is 20.0 Å². The molecule has 1 atom stereocenters. The first-order valence-corrected chi connectivity index (χ1v) is 6.90. The maximum atomic E-state index is 6.10. The molecule has 1 nitrogen and oxygen atoms in total. The third-order valence-electron chi connectivity index (χ3n) is 3.38. The lowest BCUT2D eigenvalue weighted by molar-refractivity contribution is 0.690. The summed E-state index contributed by atoms with van der Waals surface area (Å²) < 4.78 is 0. The Morgan fingerprint density at radius 2 is 1.53 bits per heavy atom. The standard InChI is InChI=1S/C17H20ClN/c1-11-7-12(2)9-15(8-11)17(19-4)14-5-6-16(18)13(3)10-14/h5-10,17,19H,1-4H3. The quantitative estimate of drug-likeness (QED) is 0.863. The molecule has 0 radical (unpaired) electrons. The summed E-state index contributed by atoms with van der Waals surface area (Å²) in [6, 6.07) is 13.1. The minimum absolute atomic E-state index is 0.203. The fourth-order valence-electron chi connectivity index (χ4n) is 2.55. The van der Waals surface area contributed by atoms with Gasteiger partial charge in [-0.05, 0) is 50.6 Å². The molecule has 2 aromatic carbocycles. The lowest BCUT2D eigenvalue weighted by Crippen LogP contribution is -2.18. The highest BCUT2D eigenvalue weighted by molar-refractivity contribution is 6.31. The Bertz CT molecular complexity index is 570. The molecule has 0 heterocycles. The Kier molecular flexibility index (Phi) is 4.28. The Hall–Kier alpha value is -1.31. The Morgan fingerprint density at radius 3 is 2.05 bits per heavy atom. The van der Waals surface area contributed by atoms with Crippen LogP contribution in [0.5, 0.6) is 0 Å². The summed E-state index contributed by atoms with van der Waals surface area (Å²) in [4.78, 5) is 0. The van der Waals surface area contributed by atoms with Crippen molar-refractivity contribution in [2.24, 2.45) is 0 Å². The highest BCUT2D eigenvalue weighted by Crippen LogP contribution is 2.26. The number of benzene rings is 2. The van der Waals surface area contributed by atoms with Crippen molar-refractivity contribution in [1.82, 2.24) is 5.32 Å². The van der Waals surface area contributed by atoms with E-state index >= 15 is 0 Å². The molecule has 2 rings (SSSR count). The van der Waals surface area contributed by atoms with E-state index in [-0.39, 0.29) is 6.04 Å². The second-order valence-electron chi connectivity index (χ2n) is 5.15.